The van der Waals surface area contributed by atoms with Gasteiger partial charge in [0.1, 0.15) is 0 Å². The van der Waals surface area contributed by atoms with E-state index in [1.54, 1.807) is 12.1 Å². The van der Waals surface area contributed by atoms with E-state index in [-0.39, 0.29) is 29.6 Å². The van der Waals surface area contributed by atoms with Crippen molar-refractivity contribution in [3.63, 3.8) is 0 Å². The number of amides is 2. The highest BCUT2D eigenvalue weighted by atomic mass is 16.2. The lowest BCUT2D eigenvalue weighted by Crippen LogP contribution is -2.36. The molecular weight excluding hydrogens is 328 g/mol. The maximum absolute atomic E-state index is 12.7. The van der Waals surface area contributed by atoms with E-state index in [1.807, 2.05) is 36.4 Å². The van der Waals surface area contributed by atoms with Crippen molar-refractivity contribution in [3.05, 3.63) is 60.2 Å². The summed E-state index contributed by atoms with van der Waals surface area (Å²) < 4.78 is 0. The average Bonchev–Trinajstić information content (AvgIpc) is 3.03. The number of allylic oxidation sites excluding steroid dienone is 1. The van der Waals surface area contributed by atoms with E-state index < -0.39 is 0 Å². The van der Waals surface area contributed by atoms with Crippen LogP contribution in [0.4, 0.5) is 0 Å². The van der Waals surface area contributed by atoms with Crippen LogP contribution >= 0.6 is 0 Å². The van der Waals surface area contributed by atoms with Gasteiger partial charge in [0.2, 0.25) is 5.91 Å². The van der Waals surface area contributed by atoms with E-state index in [1.165, 1.54) is 13.0 Å². The molecule has 1 heterocycles. The van der Waals surface area contributed by atoms with Gasteiger partial charge >= 0.3 is 0 Å². The summed E-state index contributed by atoms with van der Waals surface area (Å²) in [4.78, 5) is 35.8. The second kappa shape index (κ2) is 7.95. The second-order valence-electron chi connectivity index (χ2n) is 6.62. The number of carbonyl (C=O) groups excluding carboxylic acids is 3. The molecule has 0 bridgehead atoms. The van der Waals surface area contributed by atoms with Crippen LogP contribution in [-0.4, -0.2) is 30.2 Å². The summed E-state index contributed by atoms with van der Waals surface area (Å²) in [5.74, 6) is -0.446. The molecule has 2 unspecified atom stereocenters. The number of fused-ring (bicyclic) bond motifs is 1. The molecule has 1 saturated heterocycles. The number of benzene rings is 2. The summed E-state index contributed by atoms with van der Waals surface area (Å²) >= 11 is 0. The monoisotopic (exact) mass is 350 g/mol. The Morgan fingerprint density at radius 1 is 1.23 bits per heavy atom. The number of rotatable bonds is 6. The first-order valence-electron chi connectivity index (χ1n) is 8.79. The summed E-state index contributed by atoms with van der Waals surface area (Å²) in [6, 6.07) is 13.0. The van der Waals surface area contributed by atoms with Crippen LogP contribution < -0.4 is 10.6 Å². The minimum Gasteiger partial charge on any atom is -0.356 e. The molecule has 2 aromatic rings. The van der Waals surface area contributed by atoms with Crippen molar-refractivity contribution in [2.24, 2.45) is 5.92 Å². The van der Waals surface area contributed by atoms with Crippen molar-refractivity contribution in [1.82, 2.24) is 10.6 Å². The van der Waals surface area contributed by atoms with Gasteiger partial charge in [0.15, 0.2) is 5.78 Å². The SMILES string of the molecule is CC(=O)/C=C/C(CC1CCNC1=O)NC(=O)c1ccc2ccccc2c1. The van der Waals surface area contributed by atoms with Gasteiger partial charge in [-0.2, -0.15) is 0 Å². The molecule has 5 nitrogen and oxygen atoms in total. The number of ketones is 1. The molecule has 0 spiro atoms. The van der Waals surface area contributed by atoms with Crippen LogP contribution in [0.25, 0.3) is 10.8 Å². The summed E-state index contributed by atoms with van der Waals surface area (Å²) in [6.45, 7) is 2.12. The van der Waals surface area contributed by atoms with Crippen molar-refractivity contribution >= 4 is 28.4 Å². The Morgan fingerprint density at radius 3 is 2.69 bits per heavy atom. The zero-order valence-corrected chi connectivity index (χ0v) is 14.7. The molecule has 2 aromatic carbocycles. The Labute approximate surface area is 152 Å². The highest BCUT2D eigenvalue weighted by Gasteiger charge is 2.27. The largest absolute Gasteiger partial charge is 0.356 e. The molecule has 0 aromatic heterocycles. The Bertz CT molecular complexity index is 872. The zero-order valence-electron chi connectivity index (χ0n) is 14.7. The van der Waals surface area contributed by atoms with E-state index in [9.17, 15) is 14.4 Å². The molecule has 26 heavy (non-hydrogen) atoms. The zero-order chi connectivity index (χ0) is 18.5. The third kappa shape index (κ3) is 4.36. The lowest BCUT2D eigenvalue weighted by Gasteiger charge is -2.18. The molecule has 1 aliphatic rings. The summed E-state index contributed by atoms with van der Waals surface area (Å²) in [7, 11) is 0. The van der Waals surface area contributed by atoms with E-state index in [2.05, 4.69) is 10.6 Å². The molecular formula is C21H22N2O3. The van der Waals surface area contributed by atoms with Crippen molar-refractivity contribution < 1.29 is 14.4 Å². The number of carbonyl (C=O) groups is 3. The summed E-state index contributed by atoms with van der Waals surface area (Å²) in [5.41, 5.74) is 0.556. The average molecular weight is 350 g/mol. The van der Waals surface area contributed by atoms with Crippen molar-refractivity contribution in [2.75, 3.05) is 6.54 Å². The van der Waals surface area contributed by atoms with Crippen LogP contribution in [0, 0.1) is 5.92 Å². The van der Waals surface area contributed by atoms with Crippen LogP contribution in [0.2, 0.25) is 0 Å². The number of hydrogen-bond acceptors (Lipinski definition) is 3. The van der Waals surface area contributed by atoms with Crippen LogP contribution in [0.5, 0.6) is 0 Å². The molecule has 2 amide bonds. The third-order valence-electron chi connectivity index (χ3n) is 4.59. The van der Waals surface area contributed by atoms with Crippen molar-refractivity contribution in [2.45, 2.75) is 25.8 Å². The van der Waals surface area contributed by atoms with E-state index in [4.69, 9.17) is 0 Å². The molecule has 5 heteroatoms. The van der Waals surface area contributed by atoms with Crippen LogP contribution in [-0.2, 0) is 9.59 Å². The predicted octanol–water partition coefficient (Wildman–Crippen LogP) is 2.61. The molecule has 0 aliphatic carbocycles. The Balaban J connectivity index is 1.76. The predicted molar refractivity (Wildman–Crippen MR) is 101 cm³/mol. The lowest BCUT2D eigenvalue weighted by atomic mass is 9.97. The fourth-order valence-electron chi connectivity index (χ4n) is 3.20. The Hall–Kier alpha value is -2.95. The summed E-state index contributed by atoms with van der Waals surface area (Å²) in [6.07, 6.45) is 4.34. The van der Waals surface area contributed by atoms with E-state index in [0.29, 0.717) is 18.5 Å². The normalized spacial score (nSPS) is 18.0. The van der Waals surface area contributed by atoms with Gasteiger partial charge in [-0.3, -0.25) is 14.4 Å². The van der Waals surface area contributed by atoms with Crippen LogP contribution in [0.1, 0.15) is 30.1 Å². The Kier molecular flexibility index (Phi) is 5.46. The molecule has 0 saturated carbocycles. The van der Waals surface area contributed by atoms with Gasteiger partial charge in [-0.1, -0.05) is 36.4 Å². The minimum absolute atomic E-state index is 0.00572. The van der Waals surface area contributed by atoms with Gasteiger partial charge in [-0.05, 0) is 48.7 Å². The maximum atomic E-state index is 12.7. The molecule has 134 valence electrons. The molecule has 3 rings (SSSR count). The molecule has 2 atom stereocenters. The number of nitrogens with one attached hydrogen (secondary N) is 2. The van der Waals surface area contributed by atoms with Crippen molar-refractivity contribution in [1.29, 1.82) is 0 Å². The van der Waals surface area contributed by atoms with Gasteiger partial charge in [-0.25, -0.2) is 0 Å². The quantitative estimate of drug-likeness (QED) is 0.787. The van der Waals surface area contributed by atoms with E-state index >= 15 is 0 Å². The summed E-state index contributed by atoms with van der Waals surface area (Å²) in [5, 5.41) is 7.81. The maximum Gasteiger partial charge on any atom is 0.251 e. The first-order chi connectivity index (χ1) is 12.5. The molecule has 0 radical (unpaired) electrons. The Morgan fingerprint density at radius 2 is 2.00 bits per heavy atom. The smallest absolute Gasteiger partial charge is 0.251 e. The van der Waals surface area contributed by atoms with Crippen molar-refractivity contribution in [3.8, 4) is 0 Å². The lowest BCUT2D eigenvalue weighted by molar-refractivity contribution is -0.122. The van der Waals surface area contributed by atoms with Gasteiger partial charge in [0.25, 0.3) is 5.91 Å². The second-order valence-corrected chi connectivity index (χ2v) is 6.62. The number of hydrogen-bond donors (Lipinski definition) is 2. The third-order valence-corrected chi connectivity index (χ3v) is 4.59. The van der Waals surface area contributed by atoms with Gasteiger partial charge < -0.3 is 10.6 Å². The highest BCUT2D eigenvalue weighted by molar-refractivity contribution is 5.99. The molecule has 1 fully saturated rings. The minimum atomic E-state index is -0.369. The van der Waals surface area contributed by atoms with Crippen LogP contribution in [0.15, 0.2) is 54.6 Å². The standard InChI is InChI=1S/C21H22N2O3/c1-14(24)6-9-19(13-18-10-11-22-20(18)25)23-21(26)17-8-7-15-4-2-3-5-16(15)12-17/h2-9,12,18-19H,10-11,13H2,1H3,(H,22,25)(H,23,26)/b9-6+. The van der Waals surface area contributed by atoms with Gasteiger partial charge in [0.05, 0.1) is 0 Å². The molecule has 2 N–H and O–H groups in total. The highest BCUT2D eigenvalue weighted by Crippen LogP contribution is 2.19. The first-order valence-corrected chi connectivity index (χ1v) is 8.79. The molecule has 1 aliphatic heterocycles. The fourth-order valence-corrected chi connectivity index (χ4v) is 3.20. The first kappa shape index (κ1) is 17.9. The van der Waals surface area contributed by atoms with Gasteiger partial charge in [0, 0.05) is 24.1 Å². The van der Waals surface area contributed by atoms with Gasteiger partial charge in [-0.15, -0.1) is 0 Å². The van der Waals surface area contributed by atoms with E-state index in [0.717, 1.165) is 17.2 Å². The topological polar surface area (TPSA) is 75.3 Å². The fraction of sp³-hybridized carbons (Fsp3) is 0.286. The van der Waals surface area contributed by atoms with Crippen LogP contribution in [0.3, 0.4) is 0 Å².